The normalized spacial score (nSPS) is 19.2. The molecule has 0 bridgehead atoms. The van der Waals surface area contributed by atoms with Crippen molar-refractivity contribution >= 4 is 5.91 Å². The lowest BCUT2D eigenvalue weighted by Gasteiger charge is -2.30. The van der Waals surface area contributed by atoms with Crippen LogP contribution < -0.4 is 5.32 Å². The number of rotatable bonds is 3. The Balaban J connectivity index is 2.06. The van der Waals surface area contributed by atoms with E-state index in [0.717, 1.165) is 5.56 Å². The monoisotopic (exact) mass is 259 g/mol. The van der Waals surface area contributed by atoms with Crippen LogP contribution in [0.15, 0.2) is 24.5 Å². The predicted molar refractivity (Wildman–Crippen MR) is 68.9 cm³/mol. The first-order chi connectivity index (χ1) is 9.18. The molecule has 5 heteroatoms. The van der Waals surface area contributed by atoms with E-state index in [-0.39, 0.29) is 11.9 Å². The molecule has 1 fully saturated rings. The summed E-state index contributed by atoms with van der Waals surface area (Å²) < 4.78 is 5.23. The first-order valence-corrected chi connectivity index (χ1v) is 6.38. The van der Waals surface area contributed by atoms with E-state index < -0.39 is 5.41 Å². The molecule has 0 radical (unpaired) electrons. The van der Waals surface area contributed by atoms with Crippen LogP contribution in [0.25, 0.3) is 0 Å². The Bertz CT molecular complexity index is 475. The summed E-state index contributed by atoms with van der Waals surface area (Å²) in [7, 11) is 0. The van der Waals surface area contributed by atoms with E-state index >= 15 is 0 Å². The van der Waals surface area contributed by atoms with Crippen molar-refractivity contribution in [2.45, 2.75) is 25.8 Å². The lowest BCUT2D eigenvalue weighted by molar-refractivity contribution is -0.133. The van der Waals surface area contributed by atoms with Gasteiger partial charge in [-0.1, -0.05) is 6.07 Å². The highest BCUT2D eigenvalue weighted by Crippen LogP contribution is 2.30. The van der Waals surface area contributed by atoms with Gasteiger partial charge in [0, 0.05) is 25.6 Å². The average molecular weight is 259 g/mol. The highest BCUT2D eigenvalue weighted by Gasteiger charge is 2.40. The van der Waals surface area contributed by atoms with Gasteiger partial charge in [-0.3, -0.25) is 9.78 Å². The number of pyridine rings is 1. The standard InChI is InChI=1S/C14H17N3O2/c1-11(12-3-2-6-16-9-12)17-13(18)14(10-15)4-7-19-8-5-14/h2-3,6,9,11H,4-5,7-8H2,1H3,(H,17,18). The van der Waals surface area contributed by atoms with Gasteiger partial charge in [0.05, 0.1) is 12.1 Å². The highest BCUT2D eigenvalue weighted by molar-refractivity contribution is 5.85. The predicted octanol–water partition coefficient (Wildman–Crippen LogP) is 1.58. The number of ether oxygens (including phenoxy) is 1. The number of nitrogens with one attached hydrogen (secondary N) is 1. The number of hydrogen-bond acceptors (Lipinski definition) is 4. The maximum atomic E-state index is 12.3. The molecule has 1 unspecified atom stereocenters. The van der Waals surface area contributed by atoms with Gasteiger partial charge >= 0.3 is 0 Å². The first-order valence-electron chi connectivity index (χ1n) is 6.38. The average Bonchev–Trinajstić information content (AvgIpc) is 2.48. The third-order valence-electron chi connectivity index (χ3n) is 3.53. The Labute approximate surface area is 112 Å². The molecule has 1 saturated heterocycles. The van der Waals surface area contributed by atoms with Gasteiger partial charge in [0.15, 0.2) is 0 Å². The van der Waals surface area contributed by atoms with Crippen LogP contribution in [-0.2, 0) is 9.53 Å². The van der Waals surface area contributed by atoms with Crippen molar-refractivity contribution in [1.82, 2.24) is 10.3 Å². The number of nitriles is 1. The van der Waals surface area contributed by atoms with Gasteiger partial charge in [-0.2, -0.15) is 5.26 Å². The van der Waals surface area contributed by atoms with Crippen LogP contribution in [0.1, 0.15) is 31.4 Å². The summed E-state index contributed by atoms with van der Waals surface area (Å²) in [6.07, 6.45) is 4.31. The van der Waals surface area contributed by atoms with E-state index in [1.165, 1.54) is 0 Å². The second kappa shape index (κ2) is 5.81. The number of hydrogen-bond donors (Lipinski definition) is 1. The molecule has 100 valence electrons. The number of carbonyl (C=O) groups excluding carboxylic acids is 1. The van der Waals surface area contributed by atoms with Crippen molar-refractivity contribution in [3.8, 4) is 6.07 Å². The molecular formula is C14H17N3O2. The molecular weight excluding hydrogens is 242 g/mol. The molecule has 0 aliphatic carbocycles. The molecule has 2 rings (SSSR count). The van der Waals surface area contributed by atoms with Gasteiger partial charge in [-0.15, -0.1) is 0 Å². The van der Waals surface area contributed by atoms with Gasteiger partial charge in [-0.25, -0.2) is 0 Å². The highest BCUT2D eigenvalue weighted by atomic mass is 16.5. The summed E-state index contributed by atoms with van der Waals surface area (Å²) in [6, 6.07) is 5.74. The van der Waals surface area contributed by atoms with Crippen LogP contribution >= 0.6 is 0 Å². The third kappa shape index (κ3) is 2.91. The molecule has 1 atom stereocenters. The second-order valence-corrected chi connectivity index (χ2v) is 4.79. The zero-order chi connectivity index (χ0) is 13.7. The zero-order valence-electron chi connectivity index (χ0n) is 10.9. The Morgan fingerprint density at radius 2 is 2.32 bits per heavy atom. The van der Waals surface area contributed by atoms with Crippen LogP contribution in [0.3, 0.4) is 0 Å². The van der Waals surface area contributed by atoms with Crippen LogP contribution in [0.2, 0.25) is 0 Å². The van der Waals surface area contributed by atoms with Crippen LogP contribution in [0, 0.1) is 16.7 Å². The van der Waals surface area contributed by atoms with Gasteiger partial charge in [0.25, 0.3) is 0 Å². The summed E-state index contributed by atoms with van der Waals surface area (Å²) >= 11 is 0. The van der Waals surface area contributed by atoms with Crippen molar-refractivity contribution in [2.75, 3.05) is 13.2 Å². The number of amides is 1. The second-order valence-electron chi connectivity index (χ2n) is 4.79. The van der Waals surface area contributed by atoms with Crippen molar-refractivity contribution in [2.24, 2.45) is 5.41 Å². The van der Waals surface area contributed by atoms with Gasteiger partial charge in [-0.05, 0) is 31.4 Å². The van der Waals surface area contributed by atoms with E-state index in [4.69, 9.17) is 4.74 Å². The molecule has 1 aromatic heterocycles. The fourth-order valence-corrected chi connectivity index (χ4v) is 2.16. The topological polar surface area (TPSA) is 75.0 Å². The van der Waals surface area contributed by atoms with Crippen molar-refractivity contribution in [1.29, 1.82) is 5.26 Å². The summed E-state index contributed by atoms with van der Waals surface area (Å²) in [5.41, 5.74) is -0.0228. The van der Waals surface area contributed by atoms with E-state index in [2.05, 4.69) is 16.4 Å². The maximum Gasteiger partial charge on any atom is 0.241 e. The number of nitrogens with zero attached hydrogens (tertiary/aromatic N) is 2. The smallest absolute Gasteiger partial charge is 0.241 e. The Hall–Kier alpha value is -1.93. The first kappa shape index (κ1) is 13.5. The summed E-state index contributed by atoms with van der Waals surface area (Å²) in [5, 5.41) is 12.2. The summed E-state index contributed by atoms with van der Waals surface area (Å²) in [4.78, 5) is 16.4. The van der Waals surface area contributed by atoms with E-state index in [1.54, 1.807) is 12.4 Å². The zero-order valence-corrected chi connectivity index (χ0v) is 10.9. The Morgan fingerprint density at radius 3 is 2.89 bits per heavy atom. The van der Waals surface area contributed by atoms with Crippen molar-refractivity contribution < 1.29 is 9.53 Å². The largest absolute Gasteiger partial charge is 0.381 e. The lowest BCUT2D eigenvalue weighted by Crippen LogP contribution is -2.44. The van der Waals surface area contributed by atoms with E-state index in [1.807, 2.05) is 19.1 Å². The quantitative estimate of drug-likeness (QED) is 0.894. The Kier molecular flexibility index (Phi) is 4.13. The molecule has 0 saturated carbocycles. The minimum Gasteiger partial charge on any atom is -0.381 e. The third-order valence-corrected chi connectivity index (χ3v) is 3.53. The summed E-state index contributed by atoms with van der Waals surface area (Å²) in [5.74, 6) is -0.213. The van der Waals surface area contributed by atoms with E-state index in [0.29, 0.717) is 26.1 Å². The molecule has 19 heavy (non-hydrogen) atoms. The minimum atomic E-state index is -0.950. The Morgan fingerprint density at radius 1 is 1.58 bits per heavy atom. The van der Waals surface area contributed by atoms with Crippen LogP contribution in [-0.4, -0.2) is 24.1 Å². The van der Waals surface area contributed by atoms with Gasteiger partial charge < -0.3 is 10.1 Å². The maximum absolute atomic E-state index is 12.3. The molecule has 1 amide bonds. The SMILES string of the molecule is CC(NC(=O)C1(C#N)CCOCC1)c1cccnc1. The fraction of sp³-hybridized carbons (Fsp3) is 0.500. The fourth-order valence-electron chi connectivity index (χ4n) is 2.16. The molecule has 1 N–H and O–H groups in total. The summed E-state index contributed by atoms with van der Waals surface area (Å²) in [6.45, 7) is 2.81. The molecule has 0 aromatic carbocycles. The van der Waals surface area contributed by atoms with Crippen LogP contribution in [0.5, 0.6) is 0 Å². The molecule has 1 aliphatic heterocycles. The van der Waals surface area contributed by atoms with Crippen LogP contribution in [0.4, 0.5) is 0 Å². The lowest BCUT2D eigenvalue weighted by atomic mass is 9.80. The van der Waals surface area contributed by atoms with Crippen molar-refractivity contribution in [3.63, 3.8) is 0 Å². The molecule has 0 spiro atoms. The molecule has 1 aliphatic rings. The molecule has 2 heterocycles. The molecule has 1 aromatic rings. The van der Waals surface area contributed by atoms with E-state index in [9.17, 15) is 10.1 Å². The molecule has 5 nitrogen and oxygen atoms in total. The number of carbonyl (C=O) groups is 1. The van der Waals surface area contributed by atoms with Crippen molar-refractivity contribution in [3.05, 3.63) is 30.1 Å². The van der Waals surface area contributed by atoms with Gasteiger partial charge in [0.2, 0.25) is 5.91 Å². The number of aromatic nitrogens is 1. The minimum absolute atomic E-state index is 0.158. The van der Waals surface area contributed by atoms with Gasteiger partial charge in [0.1, 0.15) is 5.41 Å².